The van der Waals surface area contributed by atoms with Crippen molar-refractivity contribution in [3.8, 4) is 39.1 Å². The summed E-state index contributed by atoms with van der Waals surface area (Å²) >= 11 is 0. The highest BCUT2D eigenvalue weighted by Crippen LogP contribution is 2.51. The second-order valence-electron chi connectivity index (χ2n) is 12.0. The molecule has 0 unspecified atom stereocenters. The van der Waals surface area contributed by atoms with E-state index in [1.54, 1.807) is 0 Å². The van der Waals surface area contributed by atoms with E-state index in [0.29, 0.717) is 6.61 Å². The first-order chi connectivity index (χ1) is 19.8. The monoisotopic (exact) mass is 550 g/mol. The van der Waals surface area contributed by atoms with E-state index in [9.17, 15) is 0 Å². The van der Waals surface area contributed by atoms with E-state index in [2.05, 4.69) is 144 Å². The molecule has 5 aromatic rings. The van der Waals surface area contributed by atoms with Gasteiger partial charge in [0.2, 0.25) is 0 Å². The van der Waals surface area contributed by atoms with Gasteiger partial charge in [-0.3, -0.25) is 0 Å². The Balaban J connectivity index is 1.56. The smallest absolute Gasteiger partial charge is 0.121 e. The summed E-state index contributed by atoms with van der Waals surface area (Å²) in [7, 11) is -2.20. The maximum absolute atomic E-state index is 6.36. The molecular formula is C39H38OSi. The third-order valence-corrected chi connectivity index (χ3v) is 12.6. The Morgan fingerprint density at radius 1 is 0.659 bits per heavy atom. The number of benzene rings is 5. The lowest BCUT2D eigenvalue weighted by molar-refractivity contribution is 0.363. The van der Waals surface area contributed by atoms with Crippen molar-refractivity contribution in [3.63, 3.8) is 0 Å². The van der Waals surface area contributed by atoms with Crippen LogP contribution in [0.3, 0.4) is 0 Å². The molecule has 2 heteroatoms. The summed E-state index contributed by atoms with van der Waals surface area (Å²) in [5.41, 5.74) is 14.7. The van der Waals surface area contributed by atoms with Crippen LogP contribution in [0.4, 0.5) is 0 Å². The fraction of sp³-hybridized carbons (Fsp3) is 0.179. The summed E-state index contributed by atoms with van der Waals surface area (Å²) in [6, 6.07) is 38.7. The molecule has 1 nitrogen and oxygen atoms in total. The molecule has 0 spiro atoms. The maximum atomic E-state index is 6.36. The van der Waals surface area contributed by atoms with E-state index in [1.165, 1.54) is 66.4 Å². The van der Waals surface area contributed by atoms with Gasteiger partial charge in [0.1, 0.15) is 12.4 Å². The first kappa shape index (κ1) is 27.0. The van der Waals surface area contributed by atoms with Crippen molar-refractivity contribution >= 4 is 13.3 Å². The highest BCUT2D eigenvalue weighted by atomic mass is 28.3. The lowest BCUT2D eigenvalue weighted by Crippen LogP contribution is -2.48. The number of ether oxygens (including phenoxy) is 1. The van der Waals surface area contributed by atoms with E-state index in [1.807, 2.05) is 6.08 Å². The molecule has 0 bridgehead atoms. The standard InChI is InChI=1S/C39H38OSi/c1-7-23-40-38-28(4)9-8-10-37(38)41(5,6)39-35-24-31(29-15-11-26(2)12-16-29)19-21-33(35)34-22-20-32(25-36(34)39)30-17-13-27(3)14-18-30/h7-22,24-25,39H,1,23H2,2-6H3. The van der Waals surface area contributed by atoms with Crippen LogP contribution in [0, 0.1) is 20.8 Å². The minimum atomic E-state index is -2.20. The average molecular weight is 551 g/mol. The highest BCUT2D eigenvalue weighted by molar-refractivity contribution is 6.92. The Bertz CT molecular complexity index is 1650. The zero-order valence-electron chi connectivity index (χ0n) is 24.8. The largest absolute Gasteiger partial charge is 0.489 e. The van der Waals surface area contributed by atoms with Crippen molar-refractivity contribution in [2.24, 2.45) is 0 Å². The molecule has 0 saturated heterocycles. The van der Waals surface area contributed by atoms with Crippen molar-refractivity contribution in [2.45, 2.75) is 39.4 Å². The molecule has 0 fully saturated rings. The maximum Gasteiger partial charge on any atom is 0.121 e. The van der Waals surface area contributed by atoms with Gasteiger partial charge in [-0.1, -0.05) is 140 Å². The predicted octanol–water partition coefficient (Wildman–Crippen LogP) is 9.78. The van der Waals surface area contributed by atoms with Gasteiger partial charge in [0, 0.05) is 5.54 Å². The lowest BCUT2D eigenvalue weighted by atomic mass is 9.97. The minimum absolute atomic E-state index is 0.288. The molecule has 1 aliphatic carbocycles. The van der Waals surface area contributed by atoms with Crippen LogP contribution in [0.25, 0.3) is 33.4 Å². The number of para-hydroxylation sites is 1. The van der Waals surface area contributed by atoms with Crippen LogP contribution in [0.2, 0.25) is 13.1 Å². The van der Waals surface area contributed by atoms with Gasteiger partial charge < -0.3 is 4.74 Å². The summed E-state index contributed by atoms with van der Waals surface area (Å²) < 4.78 is 6.36. The molecule has 0 aromatic heterocycles. The summed E-state index contributed by atoms with van der Waals surface area (Å²) in [6.45, 7) is 15.9. The zero-order valence-corrected chi connectivity index (χ0v) is 25.8. The van der Waals surface area contributed by atoms with E-state index < -0.39 is 8.07 Å². The Hall–Kier alpha value is -4.14. The van der Waals surface area contributed by atoms with Crippen LogP contribution in [0.5, 0.6) is 5.75 Å². The van der Waals surface area contributed by atoms with Crippen molar-refractivity contribution in [3.05, 3.63) is 144 Å². The molecule has 0 N–H and O–H groups in total. The van der Waals surface area contributed by atoms with Crippen LogP contribution in [-0.4, -0.2) is 14.7 Å². The minimum Gasteiger partial charge on any atom is -0.489 e. The van der Waals surface area contributed by atoms with Gasteiger partial charge in [0.25, 0.3) is 0 Å². The third-order valence-electron chi connectivity index (χ3n) is 8.76. The fourth-order valence-electron chi connectivity index (χ4n) is 6.54. The number of aryl methyl sites for hydroxylation is 3. The second-order valence-corrected chi connectivity index (χ2v) is 16.6. The van der Waals surface area contributed by atoms with Crippen molar-refractivity contribution in [1.29, 1.82) is 0 Å². The van der Waals surface area contributed by atoms with Gasteiger partial charge in [0.05, 0.1) is 8.07 Å². The van der Waals surface area contributed by atoms with Crippen molar-refractivity contribution < 1.29 is 4.74 Å². The Morgan fingerprint density at radius 3 is 1.63 bits per heavy atom. The average Bonchev–Trinajstić information content (AvgIpc) is 3.31. The van der Waals surface area contributed by atoms with Crippen molar-refractivity contribution in [2.75, 3.05) is 6.61 Å². The lowest BCUT2D eigenvalue weighted by Gasteiger charge is -2.34. The fourth-order valence-corrected chi connectivity index (χ4v) is 10.3. The predicted molar refractivity (Wildman–Crippen MR) is 178 cm³/mol. The van der Waals surface area contributed by atoms with E-state index in [4.69, 9.17) is 4.74 Å². The van der Waals surface area contributed by atoms with Gasteiger partial charge >= 0.3 is 0 Å². The molecule has 1 aliphatic rings. The van der Waals surface area contributed by atoms with Crippen LogP contribution < -0.4 is 9.92 Å². The molecule has 0 aliphatic heterocycles. The van der Waals surface area contributed by atoms with Gasteiger partial charge in [-0.05, 0) is 76.0 Å². The van der Waals surface area contributed by atoms with Gasteiger partial charge in [0.15, 0.2) is 0 Å². The number of rotatable bonds is 7. The second kappa shape index (κ2) is 10.7. The first-order valence-electron chi connectivity index (χ1n) is 14.5. The molecule has 5 aromatic carbocycles. The third kappa shape index (κ3) is 4.87. The number of fused-ring (bicyclic) bond motifs is 3. The summed E-state index contributed by atoms with van der Waals surface area (Å²) in [4.78, 5) is 0. The first-order valence-corrected chi connectivity index (χ1v) is 17.6. The van der Waals surface area contributed by atoms with E-state index in [0.717, 1.165) is 5.75 Å². The Kier molecular flexibility index (Phi) is 7.05. The quantitative estimate of drug-likeness (QED) is 0.145. The van der Waals surface area contributed by atoms with Gasteiger partial charge in [-0.25, -0.2) is 0 Å². The summed E-state index contributed by atoms with van der Waals surface area (Å²) in [6.07, 6.45) is 1.84. The molecule has 0 radical (unpaired) electrons. The van der Waals surface area contributed by atoms with Crippen LogP contribution in [0.15, 0.2) is 116 Å². The molecule has 0 amide bonds. The van der Waals surface area contributed by atoms with Crippen LogP contribution >= 0.6 is 0 Å². The molecule has 0 heterocycles. The number of hydrogen-bond donors (Lipinski definition) is 0. The summed E-state index contributed by atoms with van der Waals surface area (Å²) in [5.74, 6) is 1.03. The molecule has 0 saturated carbocycles. The topological polar surface area (TPSA) is 9.23 Å². The normalized spacial score (nSPS) is 12.6. The molecule has 41 heavy (non-hydrogen) atoms. The molecule has 0 atom stereocenters. The van der Waals surface area contributed by atoms with Gasteiger partial charge in [-0.2, -0.15) is 0 Å². The van der Waals surface area contributed by atoms with Crippen molar-refractivity contribution in [1.82, 2.24) is 0 Å². The number of hydrogen-bond acceptors (Lipinski definition) is 1. The summed E-state index contributed by atoms with van der Waals surface area (Å²) in [5, 5.41) is 1.37. The van der Waals surface area contributed by atoms with Crippen LogP contribution in [-0.2, 0) is 0 Å². The Morgan fingerprint density at radius 2 is 1.15 bits per heavy atom. The van der Waals surface area contributed by atoms with Crippen LogP contribution in [0.1, 0.15) is 33.4 Å². The van der Waals surface area contributed by atoms with E-state index >= 15 is 0 Å². The highest BCUT2D eigenvalue weighted by Gasteiger charge is 2.44. The van der Waals surface area contributed by atoms with E-state index in [-0.39, 0.29) is 5.54 Å². The molecule has 6 rings (SSSR count). The SMILES string of the molecule is C=CCOc1c(C)cccc1[Si](C)(C)C1c2cc(-c3ccc(C)cc3)ccc2-c2ccc(-c3ccc(C)cc3)cc21. The van der Waals surface area contributed by atoms with Gasteiger partial charge in [-0.15, -0.1) is 0 Å². The molecule has 204 valence electrons. The zero-order chi connectivity index (χ0) is 28.7. The molecular weight excluding hydrogens is 513 g/mol. The Labute approximate surface area is 246 Å².